The lowest BCUT2D eigenvalue weighted by molar-refractivity contribution is -0.121. The molecular formula is C24H29ClN4O4. The monoisotopic (exact) mass is 472 g/mol. The number of nitrogens with one attached hydrogen (secondary N) is 2. The predicted molar refractivity (Wildman–Crippen MR) is 129 cm³/mol. The molecule has 0 fully saturated rings. The number of carbonyl (C=O) groups is 2. The predicted octanol–water partition coefficient (Wildman–Crippen LogP) is 4.48. The molecular weight excluding hydrogens is 444 g/mol. The molecule has 1 heterocycles. The second-order valence-electron chi connectivity index (χ2n) is 7.52. The summed E-state index contributed by atoms with van der Waals surface area (Å²) >= 11 is 6.04. The van der Waals surface area contributed by atoms with Gasteiger partial charge in [0.15, 0.2) is 11.3 Å². The fraction of sp³-hybridized carbons (Fsp3) is 0.375. The third kappa shape index (κ3) is 6.38. The van der Waals surface area contributed by atoms with Crippen LogP contribution < -0.4 is 15.4 Å². The molecule has 2 N–H and O–H groups in total. The third-order valence-electron chi connectivity index (χ3n) is 5.02. The Labute approximate surface area is 198 Å². The number of hydrogen-bond acceptors (Lipinski definition) is 6. The summed E-state index contributed by atoms with van der Waals surface area (Å²) < 4.78 is 11.3. The summed E-state index contributed by atoms with van der Waals surface area (Å²) in [5.74, 6) is 0.156. The van der Waals surface area contributed by atoms with Crippen LogP contribution >= 0.6 is 11.6 Å². The minimum Gasteiger partial charge on any atom is -0.493 e. The van der Waals surface area contributed by atoms with E-state index in [9.17, 15) is 9.59 Å². The molecule has 176 valence electrons. The van der Waals surface area contributed by atoms with E-state index in [1.165, 1.54) is 7.11 Å². The molecule has 0 radical (unpaired) electrons. The highest BCUT2D eigenvalue weighted by molar-refractivity contribution is 6.30. The van der Waals surface area contributed by atoms with E-state index in [4.69, 9.17) is 20.8 Å². The molecule has 0 aliphatic carbocycles. The van der Waals surface area contributed by atoms with Crippen LogP contribution in [0.25, 0.3) is 11.1 Å². The fourth-order valence-electron chi connectivity index (χ4n) is 3.47. The number of anilines is 1. The lowest BCUT2D eigenvalue weighted by Gasteiger charge is -2.22. The van der Waals surface area contributed by atoms with E-state index in [0.717, 1.165) is 12.0 Å². The van der Waals surface area contributed by atoms with Crippen LogP contribution in [0, 0.1) is 0 Å². The van der Waals surface area contributed by atoms with E-state index in [1.54, 1.807) is 17.0 Å². The number of carbonyl (C=O) groups excluding carboxylic acids is 2. The topological polar surface area (TPSA) is 96.7 Å². The van der Waals surface area contributed by atoms with Gasteiger partial charge in [-0.2, -0.15) is 4.98 Å². The molecule has 1 aromatic heterocycles. The highest BCUT2D eigenvalue weighted by Crippen LogP contribution is 2.31. The Morgan fingerprint density at radius 2 is 2.00 bits per heavy atom. The number of rotatable bonds is 11. The summed E-state index contributed by atoms with van der Waals surface area (Å²) in [6.45, 7) is 5.78. The molecule has 0 aliphatic rings. The zero-order valence-corrected chi connectivity index (χ0v) is 19.9. The highest BCUT2D eigenvalue weighted by Gasteiger charge is 2.21. The molecule has 3 aromatic rings. The van der Waals surface area contributed by atoms with Crippen molar-refractivity contribution in [1.82, 2.24) is 15.2 Å². The lowest BCUT2D eigenvalue weighted by Crippen LogP contribution is -2.35. The second kappa shape index (κ2) is 11.6. The van der Waals surface area contributed by atoms with Crippen LogP contribution in [0.5, 0.6) is 5.75 Å². The number of oxazole rings is 1. The Hall–Kier alpha value is -3.26. The summed E-state index contributed by atoms with van der Waals surface area (Å²) in [6.07, 6.45) is 1.03. The molecule has 8 nitrogen and oxygen atoms in total. The molecule has 0 atom stereocenters. The smallest absolute Gasteiger partial charge is 0.296 e. The number of ether oxygens (including phenoxy) is 1. The van der Waals surface area contributed by atoms with Crippen molar-refractivity contribution in [2.45, 2.75) is 33.2 Å². The average Bonchev–Trinajstić information content (AvgIpc) is 3.22. The van der Waals surface area contributed by atoms with E-state index in [0.29, 0.717) is 59.6 Å². The molecule has 0 unspecified atom stereocenters. The quantitative estimate of drug-likeness (QED) is 0.427. The van der Waals surface area contributed by atoms with Crippen LogP contribution in [0.2, 0.25) is 5.02 Å². The van der Waals surface area contributed by atoms with Gasteiger partial charge in [-0.15, -0.1) is 0 Å². The molecule has 33 heavy (non-hydrogen) atoms. The Morgan fingerprint density at radius 1 is 1.18 bits per heavy atom. The van der Waals surface area contributed by atoms with Gasteiger partial charge in [0.25, 0.3) is 11.9 Å². The first-order chi connectivity index (χ1) is 15.9. The van der Waals surface area contributed by atoms with E-state index in [2.05, 4.69) is 15.6 Å². The Balaban J connectivity index is 1.80. The van der Waals surface area contributed by atoms with Crippen LogP contribution in [0.15, 0.2) is 40.8 Å². The van der Waals surface area contributed by atoms with Crippen molar-refractivity contribution in [3.05, 3.63) is 52.5 Å². The van der Waals surface area contributed by atoms with Crippen LogP contribution in [0.1, 0.15) is 42.6 Å². The number of fused-ring (bicyclic) bond motifs is 1. The van der Waals surface area contributed by atoms with E-state index >= 15 is 0 Å². The van der Waals surface area contributed by atoms with Gasteiger partial charge in [0, 0.05) is 43.2 Å². The van der Waals surface area contributed by atoms with E-state index < -0.39 is 0 Å². The van der Waals surface area contributed by atoms with Crippen molar-refractivity contribution in [3.8, 4) is 5.75 Å². The van der Waals surface area contributed by atoms with Crippen molar-refractivity contribution < 1.29 is 18.7 Å². The first-order valence-electron chi connectivity index (χ1n) is 11.0. The minimum absolute atomic E-state index is 0.0774. The van der Waals surface area contributed by atoms with Crippen LogP contribution in [0.4, 0.5) is 6.01 Å². The maximum atomic E-state index is 13.2. The Morgan fingerprint density at radius 3 is 2.70 bits per heavy atom. The van der Waals surface area contributed by atoms with Crippen molar-refractivity contribution in [1.29, 1.82) is 0 Å². The highest BCUT2D eigenvalue weighted by atomic mass is 35.5. The maximum Gasteiger partial charge on any atom is 0.296 e. The number of nitrogens with zero attached hydrogens (tertiary/aromatic N) is 2. The molecule has 0 spiro atoms. The molecule has 2 aromatic carbocycles. The fourth-order valence-corrected chi connectivity index (χ4v) is 3.68. The number of hydrogen-bond donors (Lipinski definition) is 2. The van der Waals surface area contributed by atoms with Gasteiger partial charge in [0.05, 0.1) is 7.11 Å². The van der Waals surface area contributed by atoms with E-state index in [1.807, 2.05) is 38.1 Å². The number of benzene rings is 2. The summed E-state index contributed by atoms with van der Waals surface area (Å²) in [5.41, 5.74) is 2.37. The SMILES string of the molecule is CCCN(CCC(=O)NCC)C(=O)c1cc(OC)c2oc(NCc3cccc(Cl)c3)nc2c1. The van der Waals surface area contributed by atoms with E-state index in [-0.39, 0.29) is 18.2 Å². The van der Waals surface area contributed by atoms with Crippen molar-refractivity contribution in [2.75, 3.05) is 32.1 Å². The molecule has 0 saturated heterocycles. The largest absolute Gasteiger partial charge is 0.493 e. The minimum atomic E-state index is -0.183. The number of halogens is 1. The van der Waals surface area contributed by atoms with Gasteiger partial charge in [0.2, 0.25) is 5.91 Å². The van der Waals surface area contributed by atoms with Crippen molar-refractivity contribution in [2.24, 2.45) is 0 Å². The van der Waals surface area contributed by atoms with Gasteiger partial charge in [-0.3, -0.25) is 9.59 Å². The van der Waals surface area contributed by atoms with Gasteiger partial charge in [-0.05, 0) is 43.2 Å². The number of methoxy groups -OCH3 is 1. The number of aromatic nitrogens is 1. The summed E-state index contributed by atoms with van der Waals surface area (Å²) in [6, 6.07) is 11.1. The first kappa shape index (κ1) is 24.4. The maximum absolute atomic E-state index is 13.2. The molecule has 2 amide bonds. The van der Waals surface area contributed by atoms with Gasteiger partial charge in [-0.1, -0.05) is 30.7 Å². The van der Waals surface area contributed by atoms with Crippen molar-refractivity contribution >= 4 is 40.5 Å². The standard InChI is InChI=1S/C24H29ClN4O4/c1-4-10-29(11-9-21(30)26-5-2)23(31)17-13-19-22(20(14-17)32-3)33-24(28-19)27-15-16-7-6-8-18(25)12-16/h6-8,12-14H,4-5,9-11,15H2,1-3H3,(H,26,30)(H,27,28). The normalized spacial score (nSPS) is 10.8. The zero-order chi connectivity index (χ0) is 23.8. The van der Waals surface area contributed by atoms with Gasteiger partial charge in [-0.25, -0.2) is 0 Å². The van der Waals surface area contributed by atoms with Crippen LogP contribution in [-0.4, -0.2) is 48.4 Å². The summed E-state index contributed by atoms with van der Waals surface area (Å²) in [7, 11) is 1.52. The zero-order valence-electron chi connectivity index (χ0n) is 19.1. The first-order valence-corrected chi connectivity index (χ1v) is 11.4. The number of amides is 2. The molecule has 3 rings (SSSR count). The Bertz CT molecular complexity index is 1120. The lowest BCUT2D eigenvalue weighted by atomic mass is 10.1. The second-order valence-corrected chi connectivity index (χ2v) is 7.96. The van der Waals surface area contributed by atoms with Crippen molar-refractivity contribution in [3.63, 3.8) is 0 Å². The van der Waals surface area contributed by atoms with Crippen LogP contribution in [0.3, 0.4) is 0 Å². The molecule has 9 heteroatoms. The van der Waals surface area contributed by atoms with Gasteiger partial charge < -0.3 is 24.7 Å². The summed E-state index contributed by atoms with van der Waals surface area (Å²) in [5, 5.41) is 6.55. The van der Waals surface area contributed by atoms with Gasteiger partial charge in [0.1, 0.15) is 5.52 Å². The van der Waals surface area contributed by atoms with Gasteiger partial charge >= 0.3 is 0 Å². The third-order valence-corrected chi connectivity index (χ3v) is 5.25. The Kier molecular flexibility index (Phi) is 8.54. The molecule has 0 bridgehead atoms. The molecule has 0 saturated carbocycles. The average molecular weight is 473 g/mol. The van der Waals surface area contributed by atoms with Crippen LogP contribution in [-0.2, 0) is 11.3 Å². The summed E-state index contributed by atoms with van der Waals surface area (Å²) in [4.78, 5) is 31.2. The molecule has 0 aliphatic heterocycles.